The molecule has 3 heteroatoms. The fraction of sp³-hybridized carbons (Fsp3) is 1.00. The first-order chi connectivity index (χ1) is 8.12. The lowest BCUT2D eigenvalue weighted by molar-refractivity contribution is -0.0653. The highest BCUT2D eigenvalue weighted by Crippen LogP contribution is 2.16. The Labute approximate surface area is 108 Å². The van der Waals surface area contributed by atoms with Gasteiger partial charge in [-0.05, 0) is 33.0 Å². The Morgan fingerprint density at radius 2 is 1.53 bits per heavy atom. The summed E-state index contributed by atoms with van der Waals surface area (Å²) < 4.78 is 0. The fourth-order valence-electron chi connectivity index (χ4n) is 2.50. The second-order valence-electron chi connectivity index (χ2n) is 4.66. The van der Waals surface area contributed by atoms with Crippen molar-refractivity contribution in [2.45, 2.75) is 72.7 Å². The summed E-state index contributed by atoms with van der Waals surface area (Å²) in [5, 5.41) is 9.88. The van der Waals surface area contributed by atoms with Crippen LogP contribution in [0.15, 0.2) is 0 Å². The number of rotatable bonds is 10. The van der Waals surface area contributed by atoms with Gasteiger partial charge in [-0.3, -0.25) is 9.80 Å². The third-order valence-electron chi connectivity index (χ3n) is 3.53. The minimum Gasteiger partial charge on any atom is -0.379 e. The number of hydrogen-bond acceptors (Lipinski definition) is 3. The molecule has 0 fully saturated rings. The first kappa shape index (κ1) is 16.9. The molecule has 2 unspecified atom stereocenters. The quantitative estimate of drug-likeness (QED) is 0.473. The van der Waals surface area contributed by atoms with E-state index in [-0.39, 0.29) is 6.23 Å². The van der Waals surface area contributed by atoms with Gasteiger partial charge in [0.1, 0.15) is 6.23 Å². The van der Waals surface area contributed by atoms with Crippen molar-refractivity contribution in [2.24, 2.45) is 0 Å². The third-order valence-corrected chi connectivity index (χ3v) is 3.53. The standard InChI is InChI=1S/C14H32N2O/c1-6-10-11-12-14(15(7-2)8-3)16(9-4)13(5)17/h13-14,17H,6-12H2,1-5H3. The van der Waals surface area contributed by atoms with Crippen LogP contribution in [0.25, 0.3) is 0 Å². The van der Waals surface area contributed by atoms with Crippen LogP contribution < -0.4 is 0 Å². The van der Waals surface area contributed by atoms with Gasteiger partial charge in [0.25, 0.3) is 0 Å². The Morgan fingerprint density at radius 3 is 1.88 bits per heavy atom. The lowest BCUT2D eigenvalue weighted by Gasteiger charge is -2.40. The van der Waals surface area contributed by atoms with Gasteiger partial charge in [-0.25, -0.2) is 0 Å². The second kappa shape index (κ2) is 9.86. The predicted molar refractivity (Wildman–Crippen MR) is 74.9 cm³/mol. The van der Waals surface area contributed by atoms with Crippen molar-refractivity contribution in [3.63, 3.8) is 0 Å². The average Bonchev–Trinajstić information content (AvgIpc) is 2.30. The van der Waals surface area contributed by atoms with E-state index in [1.165, 1.54) is 19.3 Å². The first-order valence-electron chi connectivity index (χ1n) is 7.30. The van der Waals surface area contributed by atoms with Gasteiger partial charge in [0, 0.05) is 0 Å². The SMILES string of the molecule is CCCCCC(N(CC)CC)N(CC)C(C)O. The van der Waals surface area contributed by atoms with Gasteiger partial charge in [0.15, 0.2) is 0 Å². The summed E-state index contributed by atoms with van der Waals surface area (Å²) in [6.07, 6.45) is 4.99. The molecule has 0 heterocycles. The Morgan fingerprint density at radius 1 is 0.941 bits per heavy atom. The van der Waals surface area contributed by atoms with Crippen LogP contribution in [0.4, 0.5) is 0 Å². The van der Waals surface area contributed by atoms with Crippen molar-refractivity contribution in [3.8, 4) is 0 Å². The monoisotopic (exact) mass is 244 g/mol. The van der Waals surface area contributed by atoms with Crippen molar-refractivity contribution in [1.82, 2.24) is 9.80 Å². The molecular formula is C14H32N2O. The number of nitrogens with zero attached hydrogens (tertiary/aromatic N) is 2. The zero-order valence-electron chi connectivity index (χ0n) is 12.4. The van der Waals surface area contributed by atoms with E-state index in [4.69, 9.17) is 0 Å². The molecule has 1 N–H and O–H groups in total. The van der Waals surface area contributed by atoms with Crippen molar-refractivity contribution in [2.75, 3.05) is 19.6 Å². The summed E-state index contributed by atoms with van der Waals surface area (Å²) in [6, 6.07) is 0. The second-order valence-corrected chi connectivity index (χ2v) is 4.66. The zero-order valence-corrected chi connectivity index (χ0v) is 12.4. The van der Waals surface area contributed by atoms with Crippen molar-refractivity contribution < 1.29 is 5.11 Å². The van der Waals surface area contributed by atoms with Crippen LogP contribution in [0.3, 0.4) is 0 Å². The largest absolute Gasteiger partial charge is 0.379 e. The maximum atomic E-state index is 9.88. The van der Waals surface area contributed by atoms with E-state index in [0.717, 1.165) is 26.1 Å². The summed E-state index contributed by atoms with van der Waals surface area (Å²) in [7, 11) is 0. The lowest BCUT2D eigenvalue weighted by atomic mass is 10.1. The molecule has 0 saturated carbocycles. The van der Waals surface area contributed by atoms with E-state index >= 15 is 0 Å². The molecule has 0 aromatic rings. The van der Waals surface area contributed by atoms with Gasteiger partial charge in [0.05, 0.1) is 6.17 Å². The van der Waals surface area contributed by atoms with Crippen molar-refractivity contribution in [3.05, 3.63) is 0 Å². The molecule has 17 heavy (non-hydrogen) atoms. The van der Waals surface area contributed by atoms with Crippen LogP contribution in [-0.4, -0.2) is 46.9 Å². The Kier molecular flexibility index (Phi) is 9.79. The molecular weight excluding hydrogens is 212 g/mol. The van der Waals surface area contributed by atoms with Gasteiger partial charge in [-0.15, -0.1) is 0 Å². The summed E-state index contributed by atoms with van der Waals surface area (Å²) in [4.78, 5) is 4.65. The van der Waals surface area contributed by atoms with E-state index in [2.05, 4.69) is 37.5 Å². The molecule has 0 aliphatic heterocycles. The molecule has 0 aliphatic carbocycles. The first-order valence-corrected chi connectivity index (χ1v) is 7.30. The molecule has 0 amide bonds. The molecule has 0 spiro atoms. The predicted octanol–water partition coefficient (Wildman–Crippen LogP) is 2.89. The van der Waals surface area contributed by atoms with Gasteiger partial charge >= 0.3 is 0 Å². The van der Waals surface area contributed by atoms with E-state index in [1.807, 2.05) is 6.92 Å². The molecule has 0 aliphatic rings. The number of unbranched alkanes of at least 4 members (excludes halogenated alkanes) is 2. The normalized spacial score (nSPS) is 15.5. The average molecular weight is 244 g/mol. The highest BCUT2D eigenvalue weighted by molar-refractivity contribution is 4.72. The number of hydrogen-bond donors (Lipinski definition) is 1. The smallest absolute Gasteiger partial charge is 0.105 e. The number of aliphatic hydroxyl groups excluding tert-OH is 1. The van der Waals surface area contributed by atoms with E-state index in [9.17, 15) is 5.11 Å². The molecule has 0 aromatic heterocycles. The molecule has 0 aromatic carbocycles. The van der Waals surface area contributed by atoms with Crippen LogP contribution in [0.2, 0.25) is 0 Å². The highest BCUT2D eigenvalue weighted by atomic mass is 16.3. The summed E-state index contributed by atoms with van der Waals surface area (Å²) >= 11 is 0. The maximum absolute atomic E-state index is 9.88. The minimum atomic E-state index is -0.354. The third kappa shape index (κ3) is 5.84. The molecule has 0 radical (unpaired) electrons. The Balaban J connectivity index is 4.56. The zero-order chi connectivity index (χ0) is 13.3. The molecule has 2 atom stereocenters. The van der Waals surface area contributed by atoms with Crippen LogP contribution in [0, 0.1) is 0 Å². The molecule has 0 rings (SSSR count). The van der Waals surface area contributed by atoms with Crippen LogP contribution in [-0.2, 0) is 0 Å². The molecule has 3 nitrogen and oxygen atoms in total. The summed E-state index contributed by atoms with van der Waals surface area (Å²) in [5.41, 5.74) is 0. The van der Waals surface area contributed by atoms with E-state index in [0.29, 0.717) is 6.17 Å². The number of aliphatic hydroxyl groups is 1. The van der Waals surface area contributed by atoms with Gasteiger partial charge in [0.2, 0.25) is 0 Å². The fourth-order valence-corrected chi connectivity index (χ4v) is 2.50. The maximum Gasteiger partial charge on any atom is 0.105 e. The molecule has 104 valence electrons. The summed E-state index contributed by atoms with van der Waals surface area (Å²) in [6.45, 7) is 13.7. The van der Waals surface area contributed by atoms with Crippen LogP contribution in [0.1, 0.15) is 60.3 Å². The lowest BCUT2D eigenvalue weighted by Crippen LogP contribution is -2.51. The van der Waals surface area contributed by atoms with Crippen LogP contribution >= 0.6 is 0 Å². The van der Waals surface area contributed by atoms with E-state index < -0.39 is 0 Å². The Hall–Kier alpha value is -0.120. The molecule has 0 saturated heterocycles. The van der Waals surface area contributed by atoms with Gasteiger partial charge < -0.3 is 5.11 Å². The van der Waals surface area contributed by atoms with Crippen LogP contribution in [0.5, 0.6) is 0 Å². The van der Waals surface area contributed by atoms with Crippen molar-refractivity contribution in [1.29, 1.82) is 0 Å². The van der Waals surface area contributed by atoms with Gasteiger partial charge in [-0.2, -0.15) is 0 Å². The highest BCUT2D eigenvalue weighted by Gasteiger charge is 2.24. The van der Waals surface area contributed by atoms with Crippen molar-refractivity contribution >= 4 is 0 Å². The Bertz CT molecular complexity index is 170. The summed E-state index contributed by atoms with van der Waals surface area (Å²) in [5.74, 6) is 0. The van der Waals surface area contributed by atoms with E-state index in [1.54, 1.807) is 0 Å². The van der Waals surface area contributed by atoms with Gasteiger partial charge in [-0.1, -0.05) is 47.0 Å². The minimum absolute atomic E-state index is 0.354. The topological polar surface area (TPSA) is 26.7 Å². The molecule has 0 bridgehead atoms.